The van der Waals surface area contributed by atoms with Crippen LogP contribution in [0.2, 0.25) is 5.82 Å². The molecule has 0 aromatic heterocycles. The largest absolute Gasteiger partial charge is 0.466 e. The molecule has 0 radical (unpaired) electrons. The smallest absolute Gasteiger partial charge is 0.456 e. The maximum absolute atomic E-state index is 11.7. The van der Waals surface area contributed by atoms with E-state index in [9.17, 15) is 14.8 Å². The van der Waals surface area contributed by atoms with Crippen molar-refractivity contribution < 1.29 is 19.6 Å². The lowest BCUT2D eigenvalue weighted by atomic mass is 9.61. The molecule has 1 fully saturated rings. The van der Waals surface area contributed by atoms with Gasteiger partial charge in [-0.15, -0.1) is 0 Å². The Balaban J connectivity index is 2.15. The molecule has 2 bridgehead atoms. The molecule has 15 heavy (non-hydrogen) atoms. The van der Waals surface area contributed by atoms with Crippen molar-refractivity contribution in [2.45, 2.75) is 19.2 Å². The molecule has 0 saturated heterocycles. The first-order chi connectivity index (χ1) is 7.15. The van der Waals surface area contributed by atoms with Crippen LogP contribution < -0.4 is 0 Å². The Morgan fingerprint density at radius 1 is 1.47 bits per heavy atom. The van der Waals surface area contributed by atoms with E-state index in [4.69, 9.17) is 4.74 Å². The van der Waals surface area contributed by atoms with E-state index < -0.39 is 7.12 Å². The molecule has 0 aliphatic heterocycles. The SMILES string of the molecule is CCOC(=O)[C@@H]1[C@@H](B(O)O)[C@H]2C=C[C@@H]1C2. The van der Waals surface area contributed by atoms with Crippen LogP contribution in [0.25, 0.3) is 0 Å². The zero-order valence-electron chi connectivity index (χ0n) is 8.67. The quantitative estimate of drug-likeness (QED) is 0.397. The Morgan fingerprint density at radius 2 is 2.13 bits per heavy atom. The molecule has 4 atom stereocenters. The predicted octanol–water partition coefficient (Wildman–Crippen LogP) is 0.215. The van der Waals surface area contributed by atoms with E-state index in [1.807, 2.05) is 12.2 Å². The van der Waals surface area contributed by atoms with Gasteiger partial charge in [0.1, 0.15) is 0 Å². The highest BCUT2D eigenvalue weighted by atomic mass is 16.5. The summed E-state index contributed by atoms with van der Waals surface area (Å²) >= 11 is 0. The number of ether oxygens (including phenoxy) is 1. The van der Waals surface area contributed by atoms with Crippen LogP contribution in [0.4, 0.5) is 0 Å². The molecule has 4 nitrogen and oxygen atoms in total. The molecule has 2 aliphatic rings. The molecule has 2 aliphatic carbocycles. The van der Waals surface area contributed by atoms with Gasteiger partial charge in [0.05, 0.1) is 12.5 Å². The van der Waals surface area contributed by atoms with Gasteiger partial charge in [-0.3, -0.25) is 4.79 Å². The molecule has 2 N–H and O–H groups in total. The van der Waals surface area contributed by atoms with Gasteiger partial charge in [-0.2, -0.15) is 0 Å². The van der Waals surface area contributed by atoms with E-state index in [0.29, 0.717) is 6.61 Å². The van der Waals surface area contributed by atoms with Crippen LogP contribution >= 0.6 is 0 Å². The summed E-state index contributed by atoms with van der Waals surface area (Å²) in [6.45, 7) is 2.09. The Labute approximate surface area is 89.1 Å². The normalized spacial score (nSPS) is 37.0. The Hall–Kier alpha value is -0.805. The fraction of sp³-hybridized carbons (Fsp3) is 0.700. The van der Waals surface area contributed by atoms with Crippen LogP contribution in [0.1, 0.15) is 13.3 Å². The second-order valence-electron chi connectivity index (χ2n) is 4.22. The first-order valence-electron chi connectivity index (χ1n) is 5.36. The van der Waals surface area contributed by atoms with Crippen molar-refractivity contribution >= 4 is 13.1 Å². The van der Waals surface area contributed by atoms with Crippen LogP contribution in [0, 0.1) is 17.8 Å². The zero-order chi connectivity index (χ0) is 11.0. The first-order valence-corrected chi connectivity index (χ1v) is 5.36. The summed E-state index contributed by atoms with van der Waals surface area (Å²) in [6.07, 6.45) is 4.81. The monoisotopic (exact) mass is 210 g/mol. The molecule has 82 valence electrons. The topological polar surface area (TPSA) is 66.8 Å². The molecule has 0 heterocycles. The van der Waals surface area contributed by atoms with Crippen LogP contribution in [-0.4, -0.2) is 29.7 Å². The predicted molar refractivity (Wildman–Crippen MR) is 54.8 cm³/mol. The van der Waals surface area contributed by atoms with Gasteiger partial charge in [-0.1, -0.05) is 12.2 Å². The molecule has 2 rings (SSSR count). The van der Waals surface area contributed by atoms with E-state index in [2.05, 4.69) is 0 Å². The molecule has 0 aromatic rings. The minimum absolute atomic E-state index is 0.115. The summed E-state index contributed by atoms with van der Waals surface area (Å²) in [7, 11) is -1.43. The summed E-state index contributed by atoms with van der Waals surface area (Å²) < 4.78 is 4.96. The molecule has 1 saturated carbocycles. The number of fused-ring (bicyclic) bond motifs is 2. The van der Waals surface area contributed by atoms with Gasteiger partial charge in [0.15, 0.2) is 0 Å². The van der Waals surface area contributed by atoms with Crippen molar-refractivity contribution in [2.75, 3.05) is 6.61 Å². The third-order valence-electron chi connectivity index (χ3n) is 3.42. The highest BCUT2D eigenvalue weighted by Gasteiger charge is 2.53. The van der Waals surface area contributed by atoms with Gasteiger partial charge >= 0.3 is 13.1 Å². The van der Waals surface area contributed by atoms with E-state index in [-0.39, 0.29) is 29.5 Å². The minimum Gasteiger partial charge on any atom is -0.466 e. The lowest BCUT2D eigenvalue weighted by Gasteiger charge is -2.25. The number of hydrogen-bond donors (Lipinski definition) is 2. The van der Waals surface area contributed by atoms with Crippen molar-refractivity contribution in [2.24, 2.45) is 17.8 Å². The molecule has 0 spiro atoms. The molecular weight excluding hydrogens is 195 g/mol. The lowest BCUT2D eigenvalue weighted by molar-refractivity contribution is -0.149. The highest BCUT2D eigenvalue weighted by molar-refractivity contribution is 6.44. The third-order valence-corrected chi connectivity index (χ3v) is 3.42. The number of hydrogen-bond acceptors (Lipinski definition) is 4. The molecule has 0 aromatic carbocycles. The summed E-state index contributed by atoms with van der Waals surface area (Å²) in [6, 6.07) is 0. The fourth-order valence-corrected chi connectivity index (χ4v) is 2.84. The van der Waals surface area contributed by atoms with Crippen molar-refractivity contribution in [3.63, 3.8) is 0 Å². The van der Waals surface area contributed by atoms with Gasteiger partial charge in [0.2, 0.25) is 0 Å². The van der Waals surface area contributed by atoms with Crippen LogP contribution in [0.5, 0.6) is 0 Å². The van der Waals surface area contributed by atoms with E-state index in [1.54, 1.807) is 6.92 Å². The van der Waals surface area contributed by atoms with Gasteiger partial charge < -0.3 is 14.8 Å². The fourth-order valence-electron chi connectivity index (χ4n) is 2.84. The average Bonchev–Trinajstić information content (AvgIpc) is 2.76. The molecule has 0 unspecified atom stereocenters. The van der Waals surface area contributed by atoms with Gasteiger partial charge in [-0.05, 0) is 25.2 Å². The van der Waals surface area contributed by atoms with Crippen molar-refractivity contribution in [3.05, 3.63) is 12.2 Å². The van der Waals surface area contributed by atoms with Crippen molar-refractivity contribution in [3.8, 4) is 0 Å². The summed E-state index contributed by atoms with van der Waals surface area (Å²) in [5, 5.41) is 18.6. The number of carbonyl (C=O) groups is 1. The van der Waals surface area contributed by atoms with Crippen molar-refractivity contribution in [1.29, 1.82) is 0 Å². The molecular formula is C10H15BO4. The van der Waals surface area contributed by atoms with Crippen LogP contribution in [-0.2, 0) is 9.53 Å². The van der Waals surface area contributed by atoms with E-state index >= 15 is 0 Å². The van der Waals surface area contributed by atoms with Gasteiger partial charge in [0, 0.05) is 5.82 Å². The van der Waals surface area contributed by atoms with Gasteiger partial charge in [0.25, 0.3) is 0 Å². The van der Waals surface area contributed by atoms with Crippen LogP contribution in [0.3, 0.4) is 0 Å². The number of allylic oxidation sites excluding steroid dienone is 2. The van der Waals surface area contributed by atoms with E-state index in [1.165, 1.54) is 0 Å². The number of carbonyl (C=O) groups excluding carboxylic acids is 1. The summed E-state index contributed by atoms with van der Waals surface area (Å²) in [4.78, 5) is 11.7. The maximum atomic E-state index is 11.7. The zero-order valence-corrected chi connectivity index (χ0v) is 8.67. The lowest BCUT2D eigenvalue weighted by Crippen LogP contribution is -2.35. The Kier molecular flexibility index (Phi) is 2.84. The summed E-state index contributed by atoms with van der Waals surface area (Å²) in [5.41, 5.74) is 0. The first kappa shape index (κ1) is 10.7. The van der Waals surface area contributed by atoms with Crippen LogP contribution in [0.15, 0.2) is 12.2 Å². The maximum Gasteiger partial charge on any atom is 0.456 e. The molecule has 5 heteroatoms. The Bertz CT molecular complexity index is 289. The summed E-state index contributed by atoms with van der Waals surface area (Å²) in [5.74, 6) is -0.822. The second kappa shape index (κ2) is 3.98. The molecule has 0 amide bonds. The average molecular weight is 210 g/mol. The Morgan fingerprint density at radius 3 is 2.73 bits per heavy atom. The number of esters is 1. The third kappa shape index (κ3) is 1.70. The minimum atomic E-state index is -1.43. The second-order valence-corrected chi connectivity index (χ2v) is 4.22. The highest BCUT2D eigenvalue weighted by Crippen LogP contribution is 2.52. The van der Waals surface area contributed by atoms with E-state index in [0.717, 1.165) is 6.42 Å². The van der Waals surface area contributed by atoms with Gasteiger partial charge in [-0.25, -0.2) is 0 Å². The number of rotatable bonds is 3. The standard InChI is InChI=1S/C10H15BO4/c1-2-15-10(12)8-6-3-4-7(5-6)9(8)11(13)14/h3-4,6-9,13-14H,2,5H2,1H3/t6-,7+,8+,9+/m1/s1. The van der Waals surface area contributed by atoms with Crippen molar-refractivity contribution in [1.82, 2.24) is 0 Å².